The number of carbonyl (C=O) groups excluding carboxylic acids is 2. The van der Waals surface area contributed by atoms with Crippen LogP contribution < -0.4 is 5.32 Å². The van der Waals surface area contributed by atoms with E-state index in [1.807, 2.05) is 0 Å². The van der Waals surface area contributed by atoms with Crippen molar-refractivity contribution in [2.45, 2.75) is 38.6 Å². The second kappa shape index (κ2) is 9.14. The van der Waals surface area contributed by atoms with Gasteiger partial charge in [-0.15, -0.1) is 0 Å². The highest BCUT2D eigenvalue weighted by atomic mass is 35.5. The molecule has 1 fully saturated rings. The zero-order chi connectivity index (χ0) is 17.5. The van der Waals surface area contributed by atoms with Crippen molar-refractivity contribution < 1.29 is 14.3 Å². The summed E-state index contributed by atoms with van der Waals surface area (Å²) in [6.45, 7) is 3.67. The minimum absolute atomic E-state index is 0.0339. The van der Waals surface area contributed by atoms with E-state index in [4.69, 9.17) is 27.9 Å². The number of rotatable bonds is 5. The lowest BCUT2D eigenvalue weighted by molar-refractivity contribution is 0.0836. The molecule has 5 nitrogen and oxygen atoms in total. The predicted molar refractivity (Wildman–Crippen MR) is 94.8 cm³/mol. The zero-order valence-electron chi connectivity index (χ0n) is 13.7. The van der Waals surface area contributed by atoms with Crippen LogP contribution in [0.5, 0.6) is 0 Å². The largest absolute Gasteiger partial charge is 0.449 e. The lowest BCUT2D eigenvalue weighted by atomic mass is 10.0. The van der Waals surface area contributed by atoms with Gasteiger partial charge in [0.15, 0.2) is 0 Å². The Balaban J connectivity index is 1.79. The molecule has 1 aliphatic rings. The Labute approximate surface area is 152 Å². The van der Waals surface area contributed by atoms with E-state index in [1.165, 1.54) is 0 Å². The first-order valence-corrected chi connectivity index (χ1v) is 8.94. The van der Waals surface area contributed by atoms with Crippen LogP contribution in [0.2, 0.25) is 10.0 Å². The Kier molecular flexibility index (Phi) is 7.18. The molecule has 0 spiro atoms. The van der Waals surface area contributed by atoms with E-state index >= 15 is 0 Å². The van der Waals surface area contributed by atoms with Gasteiger partial charge >= 0.3 is 6.09 Å². The van der Waals surface area contributed by atoms with Crippen molar-refractivity contribution in [3.8, 4) is 0 Å². The van der Waals surface area contributed by atoms with Crippen molar-refractivity contribution in [3.05, 3.63) is 33.8 Å². The second-order valence-electron chi connectivity index (χ2n) is 5.83. The van der Waals surface area contributed by atoms with Gasteiger partial charge in [-0.1, -0.05) is 36.5 Å². The van der Waals surface area contributed by atoms with Crippen molar-refractivity contribution in [3.63, 3.8) is 0 Å². The highest BCUT2D eigenvalue weighted by Gasteiger charge is 2.25. The van der Waals surface area contributed by atoms with Gasteiger partial charge in [0.25, 0.3) is 5.91 Å². The smallest absolute Gasteiger partial charge is 0.409 e. The van der Waals surface area contributed by atoms with Crippen LogP contribution in [0, 0.1) is 0 Å². The van der Waals surface area contributed by atoms with Crippen LogP contribution >= 0.6 is 23.2 Å². The fourth-order valence-corrected chi connectivity index (χ4v) is 2.81. The first-order valence-electron chi connectivity index (χ1n) is 8.19. The maximum absolute atomic E-state index is 12.2. The lowest BCUT2D eigenvalue weighted by Crippen LogP contribution is -2.46. The average Bonchev–Trinajstić information content (AvgIpc) is 2.58. The molecule has 0 atom stereocenters. The molecule has 0 unspecified atom stereocenters. The number of amides is 2. The Bertz CT molecular complexity index is 587. The fraction of sp³-hybridized carbons (Fsp3) is 0.529. The summed E-state index contributed by atoms with van der Waals surface area (Å²) in [6.07, 6.45) is 3.02. The van der Waals surface area contributed by atoms with Gasteiger partial charge in [-0.3, -0.25) is 4.79 Å². The molecule has 1 saturated heterocycles. The standard InChI is InChI=1S/C17H22Cl2N2O3/c1-2-3-10-24-17(23)21-8-6-13(7-9-21)20-16(22)12-4-5-14(18)15(19)11-12/h4-5,11,13H,2-3,6-10H2,1H3,(H,20,22). The van der Waals surface area contributed by atoms with Crippen LogP contribution in [0.25, 0.3) is 0 Å². The number of nitrogens with zero attached hydrogens (tertiary/aromatic N) is 1. The Morgan fingerprint density at radius 2 is 1.96 bits per heavy atom. The number of likely N-dealkylation sites (tertiary alicyclic amines) is 1. The minimum Gasteiger partial charge on any atom is -0.449 e. The molecule has 2 rings (SSSR count). The van der Waals surface area contributed by atoms with Crippen molar-refractivity contribution in [1.82, 2.24) is 10.2 Å². The molecule has 1 aliphatic heterocycles. The Hall–Kier alpha value is -1.46. The van der Waals surface area contributed by atoms with E-state index in [9.17, 15) is 9.59 Å². The van der Waals surface area contributed by atoms with Crippen LogP contribution in [0.1, 0.15) is 43.0 Å². The number of carbonyl (C=O) groups is 2. The quantitative estimate of drug-likeness (QED) is 0.790. The molecule has 1 heterocycles. The number of ether oxygens (including phenoxy) is 1. The summed E-state index contributed by atoms with van der Waals surface area (Å²) in [5.41, 5.74) is 0.478. The van der Waals surface area contributed by atoms with Gasteiger partial charge in [-0.05, 0) is 37.5 Å². The monoisotopic (exact) mass is 372 g/mol. The van der Waals surface area contributed by atoms with E-state index in [0.29, 0.717) is 48.1 Å². The van der Waals surface area contributed by atoms with Crippen molar-refractivity contribution in [1.29, 1.82) is 0 Å². The fourth-order valence-electron chi connectivity index (χ4n) is 2.51. The molecule has 0 radical (unpaired) electrons. The molecule has 0 bridgehead atoms. The van der Waals surface area contributed by atoms with Crippen LogP contribution in [-0.4, -0.2) is 42.6 Å². The highest BCUT2D eigenvalue weighted by Crippen LogP contribution is 2.23. The number of unbranched alkanes of at least 4 members (excludes halogenated alkanes) is 1. The molecule has 7 heteroatoms. The van der Waals surface area contributed by atoms with Crippen LogP contribution in [-0.2, 0) is 4.74 Å². The molecule has 1 N–H and O–H groups in total. The third-order valence-corrected chi connectivity index (χ3v) is 4.73. The van der Waals surface area contributed by atoms with E-state index in [-0.39, 0.29) is 18.0 Å². The summed E-state index contributed by atoms with van der Waals surface area (Å²) in [6, 6.07) is 4.84. The van der Waals surface area contributed by atoms with Crippen LogP contribution in [0.4, 0.5) is 4.79 Å². The van der Waals surface area contributed by atoms with Crippen LogP contribution in [0.15, 0.2) is 18.2 Å². The zero-order valence-corrected chi connectivity index (χ0v) is 15.2. The first kappa shape index (κ1) is 18.9. The summed E-state index contributed by atoms with van der Waals surface area (Å²) in [7, 11) is 0. The summed E-state index contributed by atoms with van der Waals surface area (Å²) < 4.78 is 5.20. The van der Waals surface area contributed by atoms with Gasteiger partial charge in [-0.2, -0.15) is 0 Å². The number of halogens is 2. The predicted octanol–water partition coefficient (Wildman–Crippen LogP) is 4.12. The third-order valence-electron chi connectivity index (χ3n) is 3.99. The molecular weight excluding hydrogens is 351 g/mol. The molecule has 2 amide bonds. The summed E-state index contributed by atoms with van der Waals surface area (Å²) in [5.74, 6) is -0.183. The van der Waals surface area contributed by atoms with Crippen molar-refractivity contribution >= 4 is 35.2 Å². The molecule has 132 valence electrons. The maximum Gasteiger partial charge on any atom is 0.409 e. The van der Waals surface area contributed by atoms with Crippen molar-refractivity contribution in [2.24, 2.45) is 0 Å². The summed E-state index contributed by atoms with van der Waals surface area (Å²) in [4.78, 5) is 25.8. The second-order valence-corrected chi connectivity index (χ2v) is 6.65. The van der Waals surface area contributed by atoms with E-state index < -0.39 is 0 Å². The molecule has 0 aromatic heterocycles. The maximum atomic E-state index is 12.2. The van der Waals surface area contributed by atoms with Gasteiger partial charge in [0.1, 0.15) is 0 Å². The summed E-state index contributed by atoms with van der Waals surface area (Å²) >= 11 is 11.8. The summed E-state index contributed by atoms with van der Waals surface area (Å²) in [5, 5.41) is 3.75. The molecule has 1 aromatic carbocycles. The van der Waals surface area contributed by atoms with Gasteiger partial charge < -0.3 is 15.0 Å². The first-order chi connectivity index (χ1) is 11.5. The molecule has 24 heavy (non-hydrogen) atoms. The van der Waals surface area contributed by atoms with Gasteiger partial charge in [-0.25, -0.2) is 4.79 Å². The number of hydrogen-bond donors (Lipinski definition) is 1. The van der Waals surface area contributed by atoms with E-state index in [0.717, 1.165) is 12.8 Å². The topological polar surface area (TPSA) is 58.6 Å². The van der Waals surface area contributed by atoms with Gasteiger partial charge in [0.05, 0.1) is 16.7 Å². The highest BCUT2D eigenvalue weighted by molar-refractivity contribution is 6.42. The molecule has 0 aliphatic carbocycles. The minimum atomic E-state index is -0.266. The van der Waals surface area contributed by atoms with Gasteiger partial charge in [0, 0.05) is 24.7 Å². The van der Waals surface area contributed by atoms with Crippen molar-refractivity contribution in [2.75, 3.05) is 19.7 Å². The van der Waals surface area contributed by atoms with Gasteiger partial charge in [0.2, 0.25) is 0 Å². The number of nitrogens with one attached hydrogen (secondary N) is 1. The Morgan fingerprint density at radius 3 is 2.58 bits per heavy atom. The van der Waals surface area contributed by atoms with E-state index in [2.05, 4.69) is 12.2 Å². The third kappa shape index (κ3) is 5.28. The number of piperidine rings is 1. The normalized spacial score (nSPS) is 15.2. The molecule has 0 saturated carbocycles. The molecule has 1 aromatic rings. The number of benzene rings is 1. The number of hydrogen-bond acceptors (Lipinski definition) is 3. The SMILES string of the molecule is CCCCOC(=O)N1CCC(NC(=O)c2ccc(Cl)c(Cl)c2)CC1. The lowest BCUT2D eigenvalue weighted by Gasteiger charge is -2.31. The molecular formula is C17H22Cl2N2O3. The van der Waals surface area contributed by atoms with E-state index in [1.54, 1.807) is 23.1 Å². The van der Waals surface area contributed by atoms with Crippen LogP contribution in [0.3, 0.4) is 0 Å². The Morgan fingerprint density at radius 1 is 1.25 bits per heavy atom. The average molecular weight is 373 g/mol.